The molecule has 1 fully saturated rings. The summed E-state index contributed by atoms with van der Waals surface area (Å²) in [5.74, 6) is 0.166. The summed E-state index contributed by atoms with van der Waals surface area (Å²) < 4.78 is 0. The van der Waals surface area contributed by atoms with Crippen LogP contribution in [0, 0.1) is 0 Å². The molecule has 0 N–H and O–H groups in total. The number of thiazole rings is 1. The highest BCUT2D eigenvalue weighted by atomic mass is 32.1. The Labute approximate surface area is 141 Å². The molecule has 0 aliphatic carbocycles. The van der Waals surface area contributed by atoms with Gasteiger partial charge in [-0.25, -0.2) is 4.98 Å². The van der Waals surface area contributed by atoms with Gasteiger partial charge in [0.1, 0.15) is 5.01 Å². The van der Waals surface area contributed by atoms with Crippen LogP contribution in [-0.2, 0) is 11.2 Å². The fourth-order valence-corrected chi connectivity index (χ4v) is 4.01. The number of likely N-dealkylation sites (tertiary alicyclic amines) is 1. The molecule has 122 valence electrons. The van der Waals surface area contributed by atoms with E-state index < -0.39 is 0 Å². The van der Waals surface area contributed by atoms with Crippen LogP contribution in [0.2, 0.25) is 0 Å². The van der Waals surface area contributed by atoms with Crippen molar-refractivity contribution in [3.63, 3.8) is 0 Å². The molecule has 2 atom stereocenters. The highest BCUT2D eigenvalue weighted by Gasteiger charge is 2.34. The Hall–Kier alpha value is -1.79. The van der Waals surface area contributed by atoms with E-state index >= 15 is 0 Å². The van der Waals surface area contributed by atoms with Crippen LogP contribution in [0.1, 0.15) is 19.0 Å². The van der Waals surface area contributed by atoms with Crippen LogP contribution in [0.25, 0.3) is 10.7 Å². The maximum Gasteiger partial charge on any atom is 0.228 e. The molecule has 6 heteroatoms. The average Bonchev–Trinajstić information content (AvgIpc) is 3.15. The van der Waals surface area contributed by atoms with Crippen molar-refractivity contribution >= 4 is 17.2 Å². The largest absolute Gasteiger partial charge is 0.338 e. The zero-order valence-electron chi connectivity index (χ0n) is 13.8. The first-order chi connectivity index (χ1) is 11.1. The Morgan fingerprint density at radius 1 is 1.43 bits per heavy atom. The van der Waals surface area contributed by atoms with Crippen LogP contribution in [0.3, 0.4) is 0 Å². The highest BCUT2D eigenvalue weighted by molar-refractivity contribution is 7.13. The van der Waals surface area contributed by atoms with Crippen LogP contribution in [-0.4, -0.2) is 58.4 Å². The predicted molar refractivity (Wildman–Crippen MR) is 92.3 cm³/mol. The van der Waals surface area contributed by atoms with E-state index in [4.69, 9.17) is 0 Å². The minimum atomic E-state index is 0.166. The summed E-state index contributed by atoms with van der Waals surface area (Å²) >= 11 is 1.54. The first kappa shape index (κ1) is 16.1. The summed E-state index contributed by atoms with van der Waals surface area (Å²) in [6.07, 6.45) is 3.17. The van der Waals surface area contributed by atoms with Gasteiger partial charge in [-0.1, -0.05) is 6.07 Å². The van der Waals surface area contributed by atoms with Crippen molar-refractivity contribution in [2.24, 2.45) is 0 Å². The van der Waals surface area contributed by atoms with E-state index in [1.54, 1.807) is 17.5 Å². The summed E-state index contributed by atoms with van der Waals surface area (Å²) in [5, 5.41) is 2.83. The van der Waals surface area contributed by atoms with Crippen molar-refractivity contribution in [2.75, 3.05) is 20.6 Å². The minimum absolute atomic E-state index is 0.166. The molecule has 0 unspecified atom stereocenters. The van der Waals surface area contributed by atoms with Crippen LogP contribution in [0.4, 0.5) is 0 Å². The van der Waals surface area contributed by atoms with Gasteiger partial charge >= 0.3 is 0 Å². The molecular formula is C17H22N4OS. The molecule has 23 heavy (non-hydrogen) atoms. The number of rotatable bonds is 4. The molecule has 1 amide bonds. The van der Waals surface area contributed by atoms with E-state index in [0.29, 0.717) is 12.5 Å². The topological polar surface area (TPSA) is 49.3 Å². The van der Waals surface area contributed by atoms with Gasteiger partial charge in [-0.15, -0.1) is 11.3 Å². The van der Waals surface area contributed by atoms with Crippen LogP contribution < -0.4 is 0 Å². The zero-order valence-corrected chi connectivity index (χ0v) is 14.6. The molecule has 0 radical (unpaired) electrons. The van der Waals surface area contributed by atoms with Crippen molar-refractivity contribution in [1.82, 2.24) is 19.8 Å². The fourth-order valence-electron chi connectivity index (χ4n) is 3.22. The standard InChI is InChI=1S/C17H22N4OS/c1-12-15(20(2)3)7-9-21(12)16(22)10-13-11-23-17(19-13)14-6-4-5-8-18-14/h4-6,8,11-12,15H,7,9-10H2,1-3H3/t12-,15+/m1/s1. The predicted octanol–water partition coefficient (Wildman–Crippen LogP) is 2.30. The van der Waals surface area contributed by atoms with E-state index in [-0.39, 0.29) is 11.9 Å². The van der Waals surface area contributed by atoms with E-state index in [1.807, 2.05) is 28.5 Å². The number of amides is 1. The second-order valence-electron chi connectivity index (χ2n) is 6.18. The molecule has 0 spiro atoms. The lowest BCUT2D eigenvalue weighted by molar-refractivity contribution is -0.131. The molecule has 3 heterocycles. The van der Waals surface area contributed by atoms with Gasteiger partial charge in [0.15, 0.2) is 0 Å². The monoisotopic (exact) mass is 330 g/mol. The Morgan fingerprint density at radius 3 is 2.91 bits per heavy atom. The van der Waals surface area contributed by atoms with E-state index in [2.05, 4.69) is 35.9 Å². The molecule has 0 saturated carbocycles. The third-order valence-corrected chi connectivity index (χ3v) is 5.38. The van der Waals surface area contributed by atoms with Crippen molar-refractivity contribution in [3.05, 3.63) is 35.5 Å². The molecule has 1 saturated heterocycles. The smallest absolute Gasteiger partial charge is 0.228 e. The Bertz CT molecular complexity index is 670. The van der Waals surface area contributed by atoms with Gasteiger partial charge in [0, 0.05) is 30.2 Å². The number of likely N-dealkylation sites (N-methyl/N-ethyl adjacent to an activating group) is 1. The van der Waals surface area contributed by atoms with Gasteiger partial charge < -0.3 is 9.80 Å². The summed E-state index contributed by atoms with van der Waals surface area (Å²) in [6.45, 7) is 2.97. The number of carbonyl (C=O) groups is 1. The number of nitrogens with zero attached hydrogens (tertiary/aromatic N) is 4. The third-order valence-electron chi connectivity index (χ3n) is 4.47. The summed E-state index contributed by atoms with van der Waals surface area (Å²) in [4.78, 5) is 25.7. The summed E-state index contributed by atoms with van der Waals surface area (Å²) in [5.41, 5.74) is 1.69. The lowest BCUT2D eigenvalue weighted by Crippen LogP contribution is -2.42. The van der Waals surface area contributed by atoms with Gasteiger partial charge in [0.25, 0.3) is 0 Å². The second kappa shape index (κ2) is 6.76. The lowest BCUT2D eigenvalue weighted by atomic mass is 10.1. The summed E-state index contributed by atoms with van der Waals surface area (Å²) in [7, 11) is 4.16. The maximum absolute atomic E-state index is 12.6. The second-order valence-corrected chi connectivity index (χ2v) is 7.04. The highest BCUT2D eigenvalue weighted by Crippen LogP contribution is 2.24. The molecule has 0 bridgehead atoms. The van der Waals surface area contributed by atoms with Crippen LogP contribution >= 0.6 is 11.3 Å². The van der Waals surface area contributed by atoms with Gasteiger partial charge in [-0.3, -0.25) is 9.78 Å². The number of hydrogen-bond donors (Lipinski definition) is 0. The van der Waals surface area contributed by atoms with Crippen LogP contribution in [0.15, 0.2) is 29.8 Å². The lowest BCUT2D eigenvalue weighted by Gasteiger charge is -2.28. The number of aromatic nitrogens is 2. The van der Waals surface area contributed by atoms with E-state index in [1.165, 1.54) is 0 Å². The van der Waals surface area contributed by atoms with Crippen molar-refractivity contribution in [3.8, 4) is 10.7 Å². The minimum Gasteiger partial charge on any atom is -0.338 e. The van der Waals surface area contributed by atoms with Crippen molar-refractivity contribution < 1.29 is 4.79 Å². The first-order valence-electron chi connectivity index (χ1n) is 7.88. The van der Waals surface area contributed by atoms with Crippen molar-refractivity contribution in [1.29, 1.82) is 0 Å². The number of carbonyl (C=O) groups excluding carboxylic acids is 1. The molecule has 5 nitrogen and oxygen atoms in total. The van der Waals surface area contributed by atoms with Gasteiger partial charge in [0.2, 0.25) is 5.91 Å². The molecule has 0 aromatic carbocycles. The first-order valence-corrected chi connectivity index (χ1v) is 8.76. The Balaban J connectivity index is 1.66. The van der Waals surface area contributed by atoms with Crippen LogP contribution in [0.5, 0.6) is 0 Å². The SMILES string of the molecule is C[C@@H]1[C@@H](N(C)C)CCN1C(=O)Cc1csc(-c2ccccn2)n1. The Morgan fingerprint density at radius 2 is 2.26 bits per heavy atom. The van der Waals surface area contributed by atoms with E-state index in [0.717, 1.165) is 29.4 Å². The maximum atomic E-state index is 12.6. The average molecular weight is 330 g/mol. The molecule has 2 aromatic rings. The van der Waals surface area contributed by atoms with Crippen molar-refractivity contribution in [2.45, 2.75) is 31.8 Å². The molecule has 1 aliphatic heterocycles. The van der Waals surface area contributed by atoms with E-state index in [9.17, 15) is 4.79 Å². The number of pyridine rings is 1. The van der Waals surface area contributed by atoms with Gasteiger partial charge in [-0.2, -0.15) is 0 Å². The molecule has 2 aromatic heterocycles. The summed E-state index contributed by atoms with van der Waals surface area (Å²) in [6, 6.07) is 6.47. The molecule has 3 rings (SSSR count). The van der Waals surface area contributed by atoms with Gasteiger partial charge in [-0.05, 0) is 39.6 Å². The zero-order chi connectivity index (χ0) is 16.4. The Kier molecular flexibility index (Phi) is 4.73. The molecule has 1 aliphatic rings. The number of hydrogen-bond acceptors (Lipinski definition) is 5. The third kappa shape index (κ3) is 3.43. The fraction of sp³-hybridized carbons (Fsp3) is 0.471. The van der Waals surface area contributed by atoms with Gasteiger partial charge in [0.05, 0.1) is 17.8 Å². The quantitative estimate of drug-likeness (QED) is 0.863. The normalized spacial score (nSPS) is 21.1. The molecular weight excluding hydrogens is 308 g/mol.